The van der Waals surface area contributed by atoms with E-state index in [4.69, 9.17) is 4.74 Å². The standard InChI is InChI=1S/C15H8BrF2NO3S/c16-8-5-9(23-7-8)6-11-14(20)22-13(19-11)10-3-1-2-4-12(10)21-15(17)18/h1-7,15H/b11-6-. The number of halogens is 3. The first-order valence-electron chi connectivity index (χ1n) is 6.34. The summed E-state index contributed by atoms with van der Waals surface area (Å²) < 4.78 is 35.3. The second-order valence-corrected chi connectivity index (χ2v) is 6.24. The lowest BCUT2D eigenvalue weighted by molar-refractivity contribution is -0.129. The quantitative estimate of drug-likeness (QED) is 0.563. The SMILES string of the molecule is O=C1OC(c2ccccc2OC(F)F)=N/C1=C\c1cc(Br)cs1. The molecule has 0 saturated heterocycles. The minimum Gasteiger partial charge on any atom is -0.434 e. The summed E-state index contributed by atoms with van der Waals surface area (Å²) in [4.78, 5) is 16.8. The number of carbonyl (C=O) groups is 1. The number of cyclic esters (lactones) is 1. The Balaban J connectivity index is 1.94. The molecule has 2 aromatic rings. The second kappa shape index (κ2) is 6.59. The van der Waals surface area contributed by atoms with E-state index in [9.17, 15) is 13.6 Å². The maximum atomic E-state index is 12.4. The van der Waals surface area contributed by atoms with Crippen molar-refractivity contribution >= 4 is 45.2 Å². The number of hydrogen-bond donors (Lipinski definition) is 0. The van der Waals surface area contributed by atoms with Crippen molar-refractivity contribution in [3.63, 3.8) is 0 Å². The molecule has 1 aromatic heterocycles. The Morgan fingerprint density at radius 1 is 1.35 bits per heavy atom. The molecule has 0 radical (unpaired) electrons. The first kappa shape index (κ1) is 15.8. The van der Waals surface area contributed by atoms with Gasteiger partial charge < -0.3 is 9.47 Å². The van der Waals surface area contributed by atoms with Crippen molar-refractivity contribution in [2.24, 2.45) is 4.99 Å². The summed E-state index contributed by atoms with van der Waals surface area (Å²) in [7, 11) is 0. The van der Waals surface area contributed by atoms with Crippen molar-refractivity contribution < 1.29 is 23.0 Å². The van der Waals surface area contributed by atoms with Crippen LogP contribution in [0.25, 0.3) is 6.08 Å². The molecule has 0 N–H and O–H groups in total. The highest BCUT2D eigenvalue weighted by Gasteiger charge is 2.27. The first-order chi connectivity index (χ1) is 11.0. The van der Waals surface area contributed by atoms with Crippen LogP contribution in [0.2, 0.25) is 0 Å². The van der Waals surface area contributed by atoms with Crippen LogP contribution in [0.4, 0.5) is 8.78 Å². The monoisotopic (exact) mass is 399 g/mol. The largest absolute Gasteiger partial charge is 0.434 e. The summed E-state index contributed by atoms with van der Waals surface area (Å²) in [5, 5.41) is 1.86. The van der Waals surface area contributed by atoms with E-state index in [0.717, 1.165) is 9.35 Å². The molecule has 1 aliphatic rings. The van der Waals surface area contributed by atoms with Crippen LogP contribution in [0.5, 0.6) is 5.75 Å². The van der Waals surface area contributed by atoms with Gasteiger partial charge in [0, 0.05) is 14.7 Å². The van der Waals surface area contributed by atoms with Crippen LogP contribution in [0.15, 0.2) is 50.9 Å². The minimum absolute atomic E-state index is 0.0619. The van der Waals surface area contributed by atoms with Gasteiger partial charge in [-0.05, 0) is 40.2 Å². The lowest BCUT2D eigenvalue weighted by Gasteiger charge is -2.08. The number of hydrogen-bond acceptors (Lipinski definition) is 5. The summed E-state index contributed by atoms with van der Waals surface area (Å²) in [6.07, 6.45) is 1.57. The van der Waals surface area contributed by atoms with Gasteiger partial charge in [-0.1, -0.05) is 12.1 Å². The van der Waals surface area contributed by atoms with Crippen molar-refractivity contribution in [1.82, 2.24) is 0 Å². The molecule has 8 heteroatoms. The third kappa shape index (κ3) is 3.65. The van der Waals surface area contributed by atoms with Crippen molar-refractivity contribution in [2.75, 3.05) is 0 Å². The molecular weight excluding hydrogens is 392 g/mol. The molecule has 0 fully saturated rings. The molecule has 2 heterocycles. The number of para-hydroxylation sites is 1. The zero-order valence-corrected chi connectivity index (χ0v) is 13.7. The third-order valence-electron chi connectivity index (χ3n) is 2.82. The van der Waals surface area contributed by atoms with Crippen LogP contribution >= 0.6 is 27.3 Å². The molecule has 23 heavy (non-hydrogen) atoms. The molecule has 1 aliphatic heterocycles. The second-order valence-electron chi connectivity index (χ2n) is 4.38. The summed E-state index contributed by atoms with van der Waals surface area (Å²) in [5.41, 5.74) is 0.290. The number of carbonyl (C=O) groups excluding carboxylic acids is 1. The first-order valence-corrected chi connectivity index (χ1v) is 8.01. The molecule has 4 nitrogen and oxygen atoms in total. The van der Waals surface area contributed by atoms with E-state index in [1.165, 1.54) is 23.5 Å². The van der Waals surface area contributed by atoms with Gasteiger partial charge in [-0.25, -0.2) is 9.79 Å². The molecule has 0 spiro atoms. The summed E-state index contributed by atoms with van der Waals surface area (Å²) in [5.74, 6) is -0.807. The zero-order chi connectivity index (χ0) is 16.4. The Morgan fingerprint density at radius 2 is 2.13 bits per heavy atom. The molecule has 0 bridgehead atoms. The Hall–Kier alpha value is -2.06. The number of ether oxygens (including phenoxy) is 2. The van der Waals surface area contributed by atoms with Gasteiger partial charge in [0.1, 0.15) is 5.75 Å². The minimum atomic E-state index is -2.98. The maximum absolute atomic E-state index is 12.4. The average Bonchev–Trinajstić information content (AvgIpc) is 3.06. The summed E-state index contributed by atoms with van der Waals surface area (Å²) in [6, 6.07) is 7.83. The maximum Gasteiger partial charge on any atom is 0.387 e. The van der Waals surface area contributed by atoms with Gasteiger partial charge in [0.2, 0.25) is 5.90 Å². The topological polar surface area (TPSA) is 47.9 Å². The van der Waals surface area contributed by atoms with Gasteiger partial charge in [0.15, 0.2) is 5.70 Å². The summed E-state index contributed by atoms with van der Waals surface area (Å²) >= 11 is 4.74. The fraction of sp³-hybridized carbons (Fsp3) is 0.0667. The molecule has 0 atom stereocenters. The van der Waals surface area contributed by atoms with Crippen LogP contribution in [-0.4, -0.2) is 18.5 Å². The van der Waals surface area contributed by atoms with E-state index in [1.54, 1.807) is 18.2 Å². The van der Waals surface area contributed by atoms with E-state index in [1.807, 2.05) is 11.4 Å². The Labute approximate surface area is 142 Å². The predicted molar refractivity (Wildman–Crippen MR) is 85.7 cm³/mol. The lowest BCUT2D eigenvalue weighted by Crippen LogP contribution is -2.10. The molecule has 0 unspecified atom stereocenters. The van der Waals surface area contributed by atoms with Crippen molar-refractivity contribution in [3.05, 3.63) is 56.3 Å². The molecule has 3 rings (SSSR count). The highest BCUT2D eigenvalue weighted by Crippen LogP contribution is 2.28. The van der Waals surface area contributed by atoms with Gasteiger partial charge >= 0.3 is 12.6 Å². The molecular formula is C15H8BrF2NO3S. The number of esters is 1. The molecule has 118 valence electrons. The molecule has 1 aromatic carbocycles. The number of benzene rings is 1. The molecule has 0 aliphatic carbocycles. The molecule has 0 saturated carbocycles. The smallest absolute Gasteiger partial charge is 0.387 e. The van der Waals surface area contributed by atoms with Crippen LogP contribution in [0.3, 0.4) is 0 Å². The third-order valence-corrected chi connectivity index (χ3v) is 4.46. The summed E-state index contributed by atoms with van der Waals surface area (Å²) in [6.45, 7) is -2.98. The number of thiophene rings is 1. The van der Waals surface area contributed by atoms with Crippen molar-refractivity contribution in [3.8, 4) is 5.75 Å². The highest BCUT2D eigenvalue weighted by molar-refractivity contribution is 9.10. The van der Waals surface area contributed by atoms with Crippen LogP contribution in [-0.2, 0) is 9.53 Å². The zero-order valence-electron chi connectivity index (χ0n) is 11.3. The van der Waals surface area contributed by atoms with E-state index in [-0.39, 0.29) is 22.9 Å². The highest BCUT2D eigenvalue weighted by atomic mass is 79.9. The van der Waals surface area contributed by atoms with E-state index in [2.05, 4.69) is 25.7 Å². The van der Waals surface area contributed by atoms with Gasteiger partial charge in [-0.2, -0.15) is 8.78 Å². The van der Waals surface area contributed by atoms with Gasteiger partial charge in [-0.15, -0.1) is 11.3 Å². The van der Waals surface area contributed by atoms with E-state index < -0.39 is 12.6 Å². The predicted octanol–water partition coefficient (Wildman–Crippen LogP) is 4.46. The van der Waals surface area contributed by atoms with Gasteiger partial charge in [0.25, 0.3) is 0 Å². The van der Waals surface area contributed by atoms with E-state index >= 15 is 0 Å². The number of alkyl halides is 2. The Morgan fingerprint density at radius 3 is 2.83 bits per heavy atom. The van der Waals surface area contributed by atoms with Crippen LogP contribution < -0.4 is 4.74 Å². The Bertz CT molecular complexity index is 817. The normalized spacial score (nSPS) is 15.9. The van der Waals surface area contributed by atoms with Crippen molar-refractivity contribution in [2.45, 2.75) is 6.61 Å². The number of aliphatic imine (C=N–C) groups is 1. The lowest BCUT2D eigenvalue weighted by atomic mass is 10.2. The molecule has 0 amide bonds. The number of nitrogens with zero attached hydrogens (tertiary/aromatic N) is 1. The van der Waals surface area contributed by atoms with Crippen LogP contribution in [0, 0.1) is 0 Å². The van der Waals surface area contributed by atoms with Crippen molar-refractivity contribution in [1.29, 1.82) is 0 Å². The average molecular weight is 400 g/mol. The Kier molecular flexibility index (Phi) is 4.53. The van der Waals surface area contributed by atoms with Gasteiger partial charge in [0.05, 0.1) is 5.56 Å². The van der Waals surface area contributed by atoms with E-state index in [0.29, 0.717) is 0 Å². The van der Waals surface area contributed by atoms with Crippen LogP contribution in [0.1, 0.15) is 10.4 Å². The fourth-order valence-corrected chi connectivity index (χ4v) is 3.28. The fourth-order valence-electron chi connectivity index (χ4n) is 1.91. The number of rotatable bonds is 4. The van der Waals surface area contributed by atoms with Gasteiger partial charge in [-0.3, -0.25) is 0 Å².